The number of aliphatic hydroxyl groups excluding tert-OH is 2. The van der Waals surface area contributed by atoms with E-state index in [9.17, 15) is 22.8 Å². The van der Waals surface area contributed by atoms with E-state index in [0.29, 0.717) is 31.1 Å². The Morgan fingerprint density at radius 2 is 1.85 bits per heavy atom. The fourth-order valence-electron chi connectivity index (χ4n) is 4.22. The Hall–Kier alpha value is -3.72. The zero-order chi connectivity index (χ0) is 29.6. The molecule has 3 N–H and O–H groups in total. The lowest BCUT2D eigenvalue weighted by Gasteiger charge is -2.11. The SMILES string of the molecule is CCn1c(=O)n(Cc2cc3cc(Cl)ccc3n2CCCS(C)(=O)=O)c2cnccc21.O=CO[C@H](O)[C@@H](O)C(=O)O. The molecule has 3 aromatic heterocycles. The average Bonchev–Trinajstić information content (AvgIpc) is 3.36. The highest BCUT2D eigenvalue weighted by molar-refractivity contribution is 7.90. The molecule has 4 rings (SSSR count). The van der Waals surface area contributed by atoms with Gasteiger partial charge in [0.25, 0.3) is 6.47 Å². The molecule has 1 aromatic carbocycles. The first kappa shape index (κ1) is 30.8. The number of rotatable bonds is 11. The van der Waals surface area contributed by atoms with Crippen molar-refractivity contribution in [1.82, 2.24) is 18.7 Å². The summed E-state index contributed by atoms with van der Waals surface area (Å²) < 4.78 is 32.4. The number of carboxylic acids is 1. The molecule has 0 unspecified atom stereocenters. The van der Waals surface area contributed by atoms with Gasteiger partial charge in [0.15, 0.2) is 0 Å². The number of carbonyl (C=O) groups excluding carboxylic acids is 1. The highest BCUT2D eigenvalue weighted by Gasteiger charge is 2.24. The number of hydrogen-bond acceptors (Lipinski definition) is 9. The number of aryl methyl sites for hydroxylation is 2. The van der Waals surface area contributed by atoms with Crippen LogP contribution in [0.3, 0.4) is 0 Å². The van der Waals surface area contributed by atoms with Crippen LogP contribution in [0.2, 0.25) is 5.02 Å². The van der Waals surface area contributed by atoms with Crippen molar-refractivity contribution in [2.45, 2.75) is 45.4 Å². The van der Waals surface area contributed by atoms with Crippen LogP contribution in [-0.4, -0.2) is 79.3 Å². The van der Waals surface area contributed by atoms with E-state index in [1.165, 1.54) is 6.26 Å². The lowest BCUT2D eigenvalue weighted by atomic mass is 10.2. The van der Waals surface area contributed by atoms with Gasteiger partial charge in [0.1, 0.15) is 9.84 Å². The third-order valence-corrected chi connectivity index (χ3v) is 7.29. The summed E-state index contributed by atoms with van der Waals surface area (Å²) in [6, 6.07) is 9.49. The van der Waals surface area contributed by atoms with Gasteiger partial charge in [0, 0.05) is 47.2 Å². The number of benzene rings is 1. The smallest absolute Gasteiger partial charge is 0.339 e. The number of nitrogens with zero attached hydrogens (tertiary/aromatic N) is 4. The first-order chi connectivity index (χ1) is 18.9. The minimum atomic E-state index is -3.05. The standard InChI is InChI=1S/C21H23ClN4O3S.C4H6O6/c1-3-24-19-7-8-23-13-20(19)26(21(24)27)14-17-12-15-11-16(22)5-6-18(15)25(17)9-4-10-30(2,28)29;5-1-10-4(9)2(6)3(7)8/h5-8,11-13H,3-4,9-10,14H2,1-2H3;1-2,4,6,9H,(H,7,8)/t;2-,4-/m.0/s1. The van der Waals surface area contributed by atoms with Gasteiger partial charge in [-0.3, -0.25) is 18.9 Å². The molecular weight excluding hydrogens is 568 g/mol. The summed E-state index contributed by atoms with van der Waals surface area (Å²) in [6.07, 6.45) is 1.03. The van der Waals surface area contributed by atoms with Crippen molar-refractivity contribution < 1.29 is 38.1 Å². The van der Waals surface area contributed by atoms with Crippen LogP contribution in [0.5, 0.6) is 0 Å². The van der Waals surface area contributed by atoms with Gasteiger partial charge in [-0.25, -0.2) is 18.0 Å². The Kier molecular flexibility index (Phi) is 10.1. The molecule has 216 valence electrons. The molecule has 0 spiro atoms. The van der Waals surface area contributed by atoms with Crippen LogP contribution >= 0.6 is 11.6 Å². The number of pyridine rings is 1. The number of hydrogen-bond donors (Lipinski definition) is 3. The normalized spacial score (nSPS) is 13.0. The molecule has 13 nitrogen and oxygen atoms in total. The predicted octanol–water partition coefficient (Wildman–Crippen LogP) is 1.23. The second-order valence-electron chi connectivity index (χ2n) is 8.86. The summed E-state index contributed by atoms with van der Waals surface area (Å²) in [5.41, 5.74) is 3.41. The number of ether oxygens (including phenoxy) is 1. The van der Waals surface area contributed by atoms with E-state index in [0.717, 1.165) is 27.6 Å². The second kappa shape index (κ2) is 13.1. The van der Waals surface area contributed by atoms with Gasteiger partial charge in [-0.2, -0.15) is 0 Å². The largest absolute Gasteiger partial charge is 0.479 e. The van der Waals surface area contributed by atoms with E-state index in [1.54, 1.807) is 21.5 Å². The molecule has 0 amide bonds. The maximum Gasteiger partial charge on any atom is 0.339 e. The number of carboxylic acid groups (broad SMARTS) is 1. The van der Waals surface area contributed by atoms with Gasteiger partial charge >= 0.3 is 11.7 Å². The first-order valence-electron chi connectivity index (χ1n) is 12.0. The Morgan fingerprint density at radius 3 is 2.48 bits per heavy atom. The molecule has 4 aromatic rings. The minimum Gasteiger partial charge on any atom is -0.479 e. The number of aliphatic carboxylic acids is 1. The molecule has 0 saturated carbocycles. The highest BCUT2D eigenvalue weighted by Crippen LogP contribution is 2.25. The number of carbonyl (C=O) groups is 2. The Bertz CT molecular complexity index is 1680. The quantitative estimate of drug-likeness (QED) is 0.168. The molecule has 15 heteroatoms. The molecule has 40 heavy (non-hydrogen) atoms. The van der Waals surface area contributed by atoms with Crippen LogP contribution in [0.25, 0.3) is 21.9 Å². The first-order valence-corrected chi connectivity index (χ1v) is 14.5. The summed E-state index contributed by atoms with van der Waals surface area (Å²) in [5.74, 6) is -1.55. The van der Waals surface area contributed by atoms with E-state index in [4.69, 9.17) is 26.9 Å². The summed E-state index contributed by atoms with van der Waals surface area (Å²) in [6.45, 7) is 3.25. The summed E-state index contributed by atoms with van der Waals surface area (Å²) in [5, 5.41) is 26.4. The third kappa shape index (κ3) is 7.27. The molecular formula is C25H29ClN4O9S. The van der Waals surface area contributed by atoms with Crippen LogP contribution in [0.1, 0.15) is 19.0 Å². The maximum absolute atomic E-state index is 13.0. The van der Waals surface area contributed by atoms with Crippen molar-refractivity contribution in [1.29, 1.82) is 0 Å². The molecule has 0 saturated heterocycles. The molecule has 0 bridgehead atoms. The number of sulfone groups is 1. The van der Waals surface area contributed by atoms with Crippen molar-refractivity contribution in [3.63, 3.8) is 0 Å². The Labute approximate surface area is 233 Å². The maximum atomic E-state index is 13.0. The molecule has 2 atom stereocenters. The molecule has 0 aliphatic heterocycles. The third-order valence-electron chi connectivity index (χ3n) is 6.02. The van der Waals surface area contributed by atoms with Crippen LogP contribution < -0.4 is 5.69 Å². The fraction of sp³-hybridized carbons (Fsp3) is 0.360. The lowest BCUT2D eigenvalue weighted by molar-refractivity contribution is -0.185. The molecule has 0 aliphatic carbocycles. The van der Waals surface area contributed by atoms with E-state index in [1.807, 2.05) is 37.3 Å². The minimum absolute atomic E-state index is 0.0912. The highest BCUT2D eigenvalue weighted by atomic mass is 35.5. The topological polar surface area (TPSA) is 183 Å². The van der Waals surface area contributed by atoms with Crippen LogP contribution in [-0.2, 0) is 43.8 Å². The van der Waals surface area contributed by atoms with Crippen molar-refractivity contribution in [2.24, 2.45) is 0 Å². The van der Waals surface area contributed by atoms with Crippen LogP contribution in [0.15, 0.2) is 47.5 Å². The van der Waals surface area contributed by atoms with E-state index >= 15 is 0 Å². The molecule has 3 heterocycles. The zero-order valence-corrected chi connectivity index (χ0v) is 23.2. The number of imidazole rings is 1. The van der Waals surface area contributed by atoms with Crippen molar-refractivity contribution in [3.8, 4) is 0 Å². The van der Waals surface area contributed by atoms with Crippen molar-refractivity contribution in [3.05, 3.63) is 63.9 Å². The summed E-state index contributed by atoms with van der Waals surface area (Å²) in [4.78, 5) is 36.5. The second-order valence-corrected chi connectivity index (χ2v) is 11.6. The summed E-state index contributed by atoms with van der Waals surface area (Å²) >= 11 is 6.17. The Morgan fingerprint density at radius 1 is 1.12 bits per heavy atom. The van der Waals surface area contributed by atoms with Gasteiger partial charge in [0.05, 0.1) is 29.5 Å². The fourth-order valence-corrected chi connectivity index (χ4v) is 5.05. The van der Waals surface area contributed by atoms with Crippen molar-refractivity contribution in [2.75, 3.05) is 12.0 Å². The van der Waals surface area contributed by atoms with E-state index < -0.39 is 28.2 Å². The number of aromatic nitrogens is 4. The monoisotopic (exact) mass is 596 g/mol. The average molecular weight is 597 g/mol. The van der Waals surface area contributed by atoms with Crippen LogP contribution in [0.4, 0.5) is 0 Å². The van der Waals surface area contributed by atoms with Gasteiger partial charge in [0.2, 0.25) is 12.4 Å². The van der Waals surface area contributed by atoms with Gasteiger partial charge in [-0.05, 0) is 43.7 Å². The lowest BCUT2D eigenvalue weighted by Crippen LogP contribution is -2.35. The number of halogens is 1. The van der Waals surface area contributed by atoms with Gasteiger partial charge < -0.3 is 24.6 Å². The number of fused-ring (bicyclic) bond motifs is 2. The predicted molar refractivity (Wildman–Crippen MR) is 147 cm³/mol. The van der Waals surface area contributed by atoms with Crippen LogP contribution in [0, 0.1) is 0 Å². The van der Waals surface area contributed by atoms with E-state index in [-0.39, 0.29) is 17.9 Å². The molecule has 0 fully saturated rings. The number of aliphatic hydroxyl groups is 2. The van der Waals surface area contributed by atoms with Crippen molar-refractivity contribution >= 4 is 55.8 Å². The van der Waals surface area contributed by atoms with Gasteiger partial charge in [-0.15, -0.1) is 0 Å². The Balaban J connectivity index is 0.000000378. The zero-order valence-electron chi connectivity index (χ0n) is 21.7. The van der Waals surface area contributed by atoms with E-state index in [2.05, 4.69) is 14.3 Å². The molecule has 0 radical (unpaired) electrons. The molecule has 0 aliphatic rings. The summed E-state index contributed by atoms with van der Waals surface area (Å²) in [7, 11) is -3.05. The van der Waals surface area contributed by atoms with Gasteiger partial charge in [-0.1, -0.05) is 11.6 Å².